The molecule has 0 fully saturated rings. The first-order valence-electron chi connectivity index (χ1n) is 3.74. The van der Waals surface area contributed by atoms with Crippen LogP contribution in [-0.2, 0) is 0 Å². The van der Waals surface area contributed by atoms with Gasteiger partial charge in [0.05, 0.1) is 5.56 Å². The molecule has 0 radical (unpaired) electrons. The van der Waals surface area contributed by atoms with Crippen molar-refractivity contribution >= 4 is 0 Å². The normalized spacial score (nSPS) is 12.2. The number of rotatable bonds is 1. The fourth-order valence-corrected chi connectivity index (χ4v) is 1.05. The third-order valence-electron chi connectivity index (χ3n) is 1.72. The molecule has 0 saturated heterocycles. The summed E-state index contributed by atoms with van der Waals surface area (Å²) in [6.45, 7) is 1.61. The number of aromatic hydroxyl groups is 1. The number of phenols is 1. The second kappa shape index (κ2) is 3.42. The van der Waals surface area contributed by atoms with Gasteiger partial charge in [0.1, 0.15) is 17.6 Å². The summed E-state index contributed by atoms with van der Waals surface area (Å²) in [7, 11) is 0. The Morgan fingerprint density at radius 1 is 1.62 bits per heavy atom. The first-order valence-corrected chi connectivity index (χ1v) is 3.74. The molecule has 0 spiro atoms. The molecular formula is C9H9FN2O. The Morgan fingerprint density at radius 2 is 2.23 bits per heavy atom. The fraction of sp³-hybridized carbons (Fsp3) is 0.222. The number of hydrogen-bond donors (Lipinski definition) is 2. The van der Waals surface area contributed by atoms with Crippen LogP contribution in [0.5, 0.6) is 5.75 Å². The van der Waals surface area contributed by atoms with Crippen LogP contribution in [0.1, 0.15) is 24.1 Å². The Balaban J connectivity index is 3.38. The van der Waals surface area contributed by atoms with Crippen LogP contribution in [0, 0.1) is 17.1 Å². The summed E-state index contributed by atoms with van der Waals surface area (Å²) in [6.07, 6.45) is 0. The van der Waals surface area contributed by atoms with Crippen molar-refractivity contribution in [2.75, 3.05) is 0 Å². The largest absolute Gasteiger partial charge is 0.506 e. The molecule has 0 unspecified atom stereocenters. The quantitative estimate of drug-likeness (QED) is 0.686. The summed E-state index contributed by atoms with van der Waals surface area (Å²) in [6, 6.07) is 3.29. The molecule has 68 valence electrons. The maximum Gasteiger partial charge on any atom is 0.138 e. The highest BCUT2D eigenvalue weighted by Gasteiger charge is 2.12. The number of halogens is 1. The van der Waals surface area contributed by atoms with Gasteiger partial charge in [-0.05, 0) is 19.1 Å². The van der Waals surface area contributed by atoms with E-state index in [1.54, 1.807) is 13.0 Å². The minimum atomic E-state index is -0.568. The number of nitrogens with zero attached hydrogens (tertiary/aromatic N) is 1. The highest BCUT2D eigenvalue weighted by molar-refractivity contribution is 5.48. The van der Waals surface area contributed by atoms with Crippen LogP contribution in [0.15, 0.2) is 12.1 Å². The van der Waals surface area contributed by atoms with Crippen LogP contribution < -0.4 is 5.73 Å². The lowest BCUT2D eigenvalue weighted by Gasteiger charge is -2.09. The topological polar surface area (TPSA) is 70.0 Å². The highest BCUT2D eigenvalue weighted by atomic mass is 19.1. The van der Waals surface area contributed by atoms with E-state index in [0.717, 1.165) is 12.1 Å². The third-order valence-corrected chi connectivity index (χ3v) is 1.72. The van der Waals surface area contributed by atoms with Gasteiger partial charge in [0, 0.05) is 11.6 Å². The third kappa shape index (κ3) is 1.76. The number of benzene rings is 1. The SMILES string of the molecule is C[C@@H](N)c1cc(F)cc(C#N)c1O. The summed E-state index contributed by atoms with van der Waals surface area (Å²) in [5.41, 5.74) is 5.63. The van der Waals surface area contributed by atoms with Crippen LogP contribution >= 0.6 is 0 Å². The standard InChI is InChI=1S/C9H9FN2O/c1-5(12)8-3-7(10)2-6(4-11)9(8)13/h2-3,5,13H,12H2,1H3/t5-/m1/s1. The maximum absolute atomic E-state index is 12.8. The maximum atomic E-state index is 12.8. The van der Waals surface area contributed by atoms with Crippen molar-refractivity contribution in [1.82, 2.24) is 0 Å². The van der Waals surface area contributed by atoms with Crippen molar-refractivity contribution in [3.63, 3.8) is 0 Å². The van der Waals surface area contributed by atoms with Gasteiger partial charge in [-0.3, -0.25) is 0 Å². The second-order valence-electron chi connectivity index (χ2n) is 2.79. The lowest BCUT2D eigenvalue weighted by molar-refractivity contribution is 0.459. The molecule has 3 nitrogen and oxygen atoms in total. The molecule has 13 heavy (non-hydrogen) atoms. The summed E-state index contributed by atoms with van der Waals surface area (Å²) >= 11 is 0. The Hall–Kier alpha value is -1.60. The monoisotopic (exact) mass is 180 g/mol. The number of nitriles is 1. The molecule has 1 atom stereocenters. The van der Waals surface area contributed by atoms with E-state index >= 15 is 0 Å². The smallest absolute Gasteiger partial charge is 0.138 e. The molecule has 3 N–H and O–H groups in total. The first kappa shape index (κ1) is 9.49. The van der Waals surface area contributed by atoms with E-state index in [1.165, 1.54) is 0 Å². The molecule has 4 heteroatoms. The fourth-order valence-electron chi connectivity index (χ4n) is 1.05. The molecule has 0 aliphatic carbocycles. The van der Waals surface area contributed by atoms with E-state index in [0.29, 0.717) is 0 Å². The second-order valence-corrected chi connectivity index (χ2v) is 2.79. The van der Waals surface area contributed by atoms with E-state index in [1.807, 2.05) is 0 Å². The predicted molar refractivity (Wildman–Crippen MR) is 45.4 cm³/mol. The zero-order valence-corrected chi connectivity index (χ0v) is 7.08. The van der Waals surface area contributed by atoms with Gasteiger partial charge in [-0.15, -0.1) is 0 Å². The molecule has 1 aromatic carbocycles. The molecule has 0 bridgehead atoms. The van der Waals surface area contributed by atoms with Gasteiger partial charge < -0.3 is 10.8 Å². The molecule has 0 saturated carbocycles. The Kier molecular flexibility index (Phi) is 2.49. The highest BCUT2D eigenvalue weighted by Crippen LogP contribution is 2.27. The first-order chi connectivity index (χ1) is 6.06. The summed E-state index contributed by atoms with van der Waals surface area (Å²) < 4.78 is 12.8. The van der Waals surface area contributed by atoms with Crippen molar-refractivity contribution in [3.05, 3.63) is 29.1 Å². The molecule has 1 aromatic rings. The summed E-state index contributed by atoms with van der Waals surface area (Å²) in [5, 5.41) is 17.9. The minimum Gasteiger partial charge on any atom is -0.506 e. The summed E-state index contributed by atoms with van der Waals surface area (Å²) in [4.78, 5) is 0. The van der Waals surface area contributed by atoms with E-state index in [4.69, 9.17) is 11.0 Å². The summed E-state index contributed by atoms with van der Waals surface area (Å²) in [5.74, 6) is -0.805. The number of phenolic OH excluding ortho intramolecular Hbond substituents is 1. The van der Waals surface area contributed by atoms with Crippen LogP contribution in [0.25, 0.3) is 0 Å². The number of nitrogens with two attached hydrogens (primary N) is 1. The van der Waals surface area contributed by atoms with Gasteiger partial charge in [-0.25, -0.2) is 4.39 Å². The molecule has 0 amide bonds. The van der Waals surface area contributed by atoms with Gasteiger partial charge in [-0.2, -0.15) is 5.26 Å². The molecule has 1 rings (SSSR count). The zero-order chi connectivity index (χ0) is 10.0. The molecule has 0 aromatic heterocycles. The molecule has 0 aliphatic heterocycles. The lowest BCUT2D eigenvalue weighted by atomic mass is 10.0. The predicted octanol–water partition coefficient (Wildman–Crippen LogP) is 1.42. The number of hydrogen-bond acceptors (Lipinski definition) is 3. The van der Waals surface area contributed by atoms with Gasteiger partial charge in [0.15, 0.2) is 0 Å². The van der Waals surface area contributed by atoms with E-state index in [2.05, 4.69) is 0 Å². The molecule has 0 heterocycles. The Labute approximate surface area is 75.2 Å². The Morgan fingerprint density at radius 3 is 2.69 bits per heavy atom. The van der Waals surface area contributed by atoms with Crippen molar-refractivity contribution in [1.29, 1.82) is 5.26 Å². The van der Waals surface area contributed by atoms with E-state index in [-0.39, 0.29) is 16.9 Å². The van der Waals surface area contributed by atoms with Gasteiger partial charge >= 0.3 is 0 Å². The van der Waals surface area contributed by atoms with Crippen molar-refractivity contribution in [2.24, 2.45) is 5.73 Å². The van der Waals surface area contributed by atoms with Gasteiger partial charge in [0.25, 0.3) is 0 Å². The average molecular weight is 180 g/mol. The van der Waals surface area contributed by atoms with E-state index in [9.17, 15) is 9.50 Å². The molecular weight excluding hydrogens is 171 g/mol. The van der Waals surface area contributed by atoms with Gasteiger partial charge in [-0.1, -0.05) is 0 Å². The Bertz CT molecular complexity index is 369. The van der Waals surface area contributed by atoms with Crippen LogP contribution in [0.3, 0.4) is 0 Å². The van der Waals surface area contributed by atoms with Crippen LogP contribution in [0.4, 0.5) is 4.39 Å². The lowest BCUT2D eigenvalue weighted by Crippen LogP contribution is -2.06. The zero-order valence-electron chi connectivity index (χ0n) is 7.08. The van der Waals surface area contributed by atoms with Crippen molar-refractivity contribution in [2.45, 2.75) is 13.0 Å². The van der Waals surface area contributed by atoms with Crippen molar-refractivity contribution < 1.29 is 9.50 Å². The molecule has 0 aliphatic rings. The van der Waals surface area contributed by atoms with Crippen molar-refractivity contribution in [3.8, 4) is 11.8 Å². The minimum absolute atomic E-state index is 0.0905. The van der Waals surface area contributed by atoms with E-state index < -0.39 is 11.9 Å². The van der Waals surface area contributed by atoms with Crippen LogP contribution in [-0.4, -0.2) is 5.11 Å². The average Bonchev–Trinajstić information content (AvgIpc) is 2.08. The van der Waals surface area contributed by atoms with Crippen LogP contribution in [0.2, 0.25) is 0 Å². The van der Waals surface area contributed by atoms with Gasteiger partial charge in [0.2, 0.25) is 0 Å².